The zero-order chi connectivity index (χ0) is 8.78. The number of alkyl halides is 2. The Morgan fingerprint density at radius 2 is 1.50 bits per heavy atom. The second-order valence-electron chi connectivity index (χ2n) is 2.67. The molecular formula is C8H18F2. The number of halogens is 2. The molecule has 0 unspecified atom stereocenters. The van der Waals surface area contributed by atoms with Crippen LogP contribution in [0, 0.1) is 5.92 Å². The molecule has 0 radical (unpaired) electrons. The lowest BCUT2D eigenvalue weighted by Gasteiger charge is -2.11. The van der Waals surface area contributed by atoms with E-state index in [1.54, 1.807) is 13.8 Å². The normalized spacial score (nSPS) is 10.8. The van der Waals surface area contributed by atoms with Gasteiger partial charge in [0.05, 0.1) is 0 Å². The molecule has 0 aromatic rings. The van der Waals surface area contributed by atoms with Crippen molar-refractivity contribution < 1.29 is 8.78 Å². The molecular weight excluding hydrogens is 134 g/mol. The van der Waals surface area contributed by atoms with Crippen molar-refractivity contribution in [3.05, 3.63) is 0 Å². The van der Waals surface area contributed by atoms with E-state index in [0.717, 1.165) is 6.92 Å². The van der Waals surface area contributed by atoms with Gasteiger partial charge in [0.2, 0.25) is 5.92 Å². The van der Waals surface area contributed by atoms with Crippen LogP contribution in [0.3, 0.4) is 0 Å². The molecule has 0 rings (SSSR count). The van der Waals surface area contributed by atoms with E-state index in [-0.39, 0.29) is 12.3 Å². The van der Waals surface area contributed by atoms with E-state index in [0.29, 0.717) is 0 Å². The molecule has 0 N–H and O–H groups in total. The SMILES string of the molecule is CC.CC(C)CC(C)(F)F. The van der Waals surface area contributed by atoms with Crippen LogP contribution in [0.2, 0.25) is 0 Å². The first-order valence-electron chi connectivity index (χ1n) is 3.79. The molecule has 0 saturated carbocycles. The summed E-state index contributed by atoms with van der Waals surface area (Å²) < 4.78 is 23.9. The molecule has 0 heterocycles. The van der Waals surface area contributed by atoms with E-state index in [9.17, 15) is 8.78 Å². The first-order valence-corrected chi connectivity index (χ1v) is 3.79. The molecule has 0 nitrogen and oxygen atoms in total. The molecule has 0 aromatic heterocycles. The minimum absolute atomic E-state index is 0.00694. The van der Waals surface area contributed by atoms with Gasteiger partial charge in [-0.25, -0.2) is 8.78 Å². The fourth-order valence-electron chi connectivity index (χ4n) is 0.717. The van der Waals surface area contributed by atoms with Crippen LogP contribution in [0.4, 0.5) is 8.78 Å². The summed E-state index contributed by atoms with van der Waals surface area (Å²) in [6, 6.07) is 0. The van der Waals surface area contributed by atoms with E-state index in [1.807, 2.05) is 13.8 Å². The van der Waals surface area contributed by atoms with Gasteiger partial charge in [-0.2, -0.15) is 0 Å². The first-order chi connectivity index (χ1) is 4.42. The van der Waals surface area contributed by atoms with Crippen LogP contribution in [-0.2, 0) is 0 Å². The topological polar surface area (TPSA) is 0 Å². The van der Waals surface area contributed by atoms with Crippen LogP contribution in [0.25, 0.3) is 0 Å². The third-order valence-corrected chi connectivity index (χ3v) is 0.767. The molecule has 0 bridgehead atoms. The third-order valence-electron chi connectivity index (χ3n) is 0.767. The van der Waals surface area contributed by atoms with E-state index in [1.165, 1.54) is 0 Å². The van der Waals surface area contributed by atoms with Crippen LogP contribution in [0.5, 0.6) is 0 Å². The van der Waals surface area contributed by atoms with Gasteiger partial charge in [-0.05, 0) is 12.8 Å². The van der Waals surface area contributed by atoms with Crippen molar-refractivity contribution in [2.45, 2.75) is 47.0 Å². The highest BCUT2D eigenvalue weighted by Gasteiger charge is 2.21. The van der Waals surface area contributed by atoms with E-state index >= 15 is 0 Å². The van der Waals surface area contributed by atoms with Gasteiger partial charge in [0.1, 0.15) is 0 Å². The summed E-state index contributed by atoms with van der Waals surface area (Å²) in [6.07, 6.45) is -0.00694. The maximum Gasteiger partial charge on any atom is 0.245 e. The Hall–Kier alpha value is -0.140. The lowest BCUT2D eigenvalue weighted by Crippen LogP contribution is -2.12. The minimum atomic E-state index is -2.48. The molecule has 64 valence electrons. The summed E-state index contributed by atoms with van der Waals surface area (Å²) in [5.41, 5.74) is 0. The number of rotatable bonds is 2. The van der Waals surface area contributed by atoms with Crippen molar-refractivity contribution in [2.24, 2.45) is 5.92 Å². The number of hydrogen-bond donors (Lipinski definition) is 0. The Morgan fingerprint density at radius 1 is 1.20 bits per heavy atom. The zero-order valence-electron chi connectivity index (χ0n) is 7.54. The second-order valence-corrected chi connectivity index (χ2v) is 2.67. The maximum absolute atomic E-state index is 12.0. The fraction of sp³-hybridized carbons (Fsp3) is 1.00. The molecule has 0 aliphatic heterocycles. The summed E-state index contributed by atoms with van der Waals surface area (Å²) in [7, 11) is 0. The Morgan fingerprint density at radius 3 is 1.50 bits per heavy atom. The standard InChI is InChI=1S/C6H12F2.C2H6/c1-5(2)4-6(3,7)8;1-2/h5H,4H2,1-3H3;1-2H3. The molecule has 0 amide bonds. The molecule has 0 spiro atoms. The molecule has 0 aliphatic carbocycles. The molecule has 0 aromatic carbocycles. The highest BCUT2D eigenvalue weighted by atomic mass is 19.3. The average molecular weight is 152 g/mol. The minimum Gasteiger partial charge on any atom is -0.207 e. The van der Waals surface area contributed by atoms with Gasteiger partial charge in [-0.3, -0.25) is 0 Å². The zero-order valence-corrected chi connectivity index (χ0v) is 7.54. The lowest BCUT2D eigenvalue weighted by atomic mass is 10.1. The predicted molar refractivity (Wildman–Crippen MR) is 41.4 cm³/mol. The van der Waals surface area contributed by atoms with Crippen LogP contribution in [0.15, 0.2) is 0 Å². The molecule has 0 aliphatic rings. The van der Waals surface area contributed by atoms with Gasteiger partial charge in [-0.15, -0.1) is 0 Å². The van der Waals surface area contributed by atoms with Gasteiger partial charge in [0, 0.05) is 6.42 Å². The van der Waals surface area contributed by atoms with Gasteiger partial charge < -0.3 is 0 Å². The first kappa shape index (κ1) is 12.5. The molecule has 0 saturated heterocycles. The summed E-state index contributed by atoms with van der Waals surface area (Å²) in [5.74, 6) is -2.39. The van der Waals surface area contributed by atoms with E-state index in [2.05, 4.69) is 0 Å². The highest BCUT2D eigenvalue weighted by molar-refractivity contribution is 4.59. The fourth-order valence-corrected chi connectivity index (χ4v) is 0.717. The van der Waals surface area contributed by atoms with Crippen molar-refractivity contribution in [1.82, 2.24) is 0 Å². The second kappa shape index (κ2) is 5.63. The largest absolute Gasteiger partial charge is 0.245 e. The van der Waals surface area contributed by atoms with E-state index < -0.39 is 5.92 Å². The Kier molecular flexibility index (Phi) is 7.05. The van der Waals surface area contributed by atoms with Crippen molar-refractivity contribution >= 4 is 0 Å². The van der Waals surface area contributed by atoms with Crippen molar-refractivity contribution in [3.8, 4) is 0 Å². The lowest BCUT2D eigenvalue weighted by molar-refractivity contribution is 0.000981. The van der Waals surface area contributed by atoms with Gasteiger partial charge >= 0.3 is 0 Å². The predicted octanol–water partition coefficient (Wildman–Crippen LogP) is 3.71. The summed E-state index contributed by atoms with van der Waals surface area (Å²) in [5, 5.41) is 0. The van der Waals surface area contributed by atoms with Gasteiger partial charge in [0.25, 0.3) is 0 Å². The third kappa shape index (κ3) is 15.7. The molecule has 10 heavy (non-hydrogen) atoms. The summed E-state index contributed by atoms with van der Waals surface area (Å²) >= 11 is 0. The summed E-state index contributed by atoms with van der Waals surface area (Å²) in [6.45, 7) is 8.53. The Labute approximate surface area is 62.6 Å². The monoisotopic (exact) mass is 152 g/mol. The molecule has 2 heteroatoms. The number of hydrogen-bond acceptors (Lipinski definition) is 0. The smallest absolute Gasteiger partial charge is 0.207 e. The van der Waals surface area contributed by atoms with Crippen LogP contribution in [0.1, 0.15) is 41.0 Å². The molecule has 0 atom stereocenters. The van der Waals surface area contributed by atoms with Crippen LogP contribution in [-0.4, -0.2) is 5.92 Å². The van der Waals surface area contributed by atoms with Gasteiger partial charge in [0.15, 0.2) is 0 Å². The molecule has 0 fully saturated rings. The highest BCUT2D eigenvalue weighted by Crippen LogP contribution is 2.21. The van der Waals surface area contributed by atoms with E-state index in [4.69, 9.17) is 0 Å². The van der Waals surface area contributed by atoms with Crippen LogP contribution >= 0.6 is 0 Å². The Balaban J connectivity index is 0. The van der Waals surface area contributed by atoms with Crippen LogP contribution < -0.4 is 0 Å². The van der Waals surface area contributed by atoms with Gasteiger partial charge in [-0.1, -0.05) is 27.7 Å². The average Bonchev–Trinajstić information content (AvgIpc) is 1.64. The van der Waals surface area contributed by atoms with Crippen molar-refractivity contribution in [3.63, 3.8) is 0 Å². The van der Waals surface area contributed by atoms with Crippen molar-refractivity contribution in [2.75, 3.05) is 0 Å². The quantitative estimate of drug-likeness (QED) is 0.565. The van der Waals surface area contributed by atoms with Crippen molar-refractivity contribution in [1.29, 1.82) is 0 Å². The maximum atomic E-state index is 12.0. The summed E-state index contributed by atoms with van der Waals surface area (Å²) in [4.78, 5) is 0. The Bertz CT molecular complexity index is 62.1.